The predicted molar refractivity (Wildman–Crippen MR) is 81.8 cm³/mol. The van der Waals surface area contributed by atoms with Crippen LogP contribution in [-0.2, 0) is 4.74 Å². The van der Waals surface area contributed by atoms with E-state index in [9.17, 15) is 0 Å². The van der Waals surface area contributed by atoms with E-state index in [4.69, 9.17) is 4.74 Å². The maximum atomic E-state index is 4.83. The van der Waals surface area contributed by atoms with Crippen LogP contribution in [0.3, 0.4) is 0 Å². The molecule has 0 aliphatic heterocycles. The van der Waals surface area contributed by atoms with Gasteiger partial charge in [-0.15, -0.1) is 0 Å². The molecule has 0 fully saturated rings. The zero-order valence-corrected chi connectivity index (χ0v) is 13.5. The monoisotopic (exact) mass is 246 g/mol. The first-order chi connectivity index (χ1) is 8.24. The lowest BCUT2D eigenvalue weighted by Gasteiger charge is -1.86. The van der Waals surface area contributed by atoms with Crippen LogP contribution in [0, 0.1) is 0 Å². The summed E-state index contributed by atoms with van der Waals surface area (Å²) in [7, 11) is 0. The Morgan fingerprint density at radius 3 is 0.765 bits per heavy atom. The molecule has 0 aliphatic carbocycles. The van der Waals surface area contributed by atoms with Gasteiger partial charge < -0.3 is 4.74 Å². The predicted octanol–water partition coefficient (Wildman–Crippen LogP) is 6.22. The van der Waals surface area contributed by atoms with Crippen molar-refractivity contribution in [3.63, 3.8) is 0 Å². The Morgan fingerprint density at radius 1 is 0.471 bits per heavy atom. The third-order valence-corrected chi connectivity index (χ3v) is 2.32. The smallest absolute Gasteiger partial charge is 0.0437 e. The first-order valence-corrected chi connectivity index (χ1v) is 7.82. The molecule has 0 aromatic carbocycles. The van der Waals surface area contributed by atoms with E-state index in [2.05, 4.69) is 27.7 Å². The van der Waals surface area contributed by atoms with Crippen molar-refractivity contribution in [1.82, 2.24) is 0 Å². The van der Waals surface area contributed by atoms with Crippen LogP contribution in [-0.4, -0.2) is 13.2 Å². The van der Waals surface area contributed by atoms with Crippen LogP contribution < -0.4 is 0 Å². The van der Waals surface area contributed by atoms with Crippen molar-refractivity contribution < 1.29 is 4.74 Å². The molecule has 17 heavy (non-hydrogen) atoms. The van der Waals surface area contributed by atoms with Gasteiger partial charge in [0.25, 0.3) is 0 Å². The van der Waals surface area contributed by atoms with E-state index in [-0.39, 0.29) is 0 Å². The first-order valence-electron chi connectivity index (χ1n) is 7.82. The van der Waals surface area contributed by atoms with Crippen LogP contribution >= 0.6 is 0 Å². The SMILES string of the molecule is CCCCCC.CCCCCC.CCOCC. The average molecular weight is 246 g/mol. The van der Waals surface area contributed by atoms with Gasteiger partial charge in [0.2, 0.25) is 0 Å². The summed E-state index contributed by atoms with van der Waals surface area (Å²) in [6.07, 6.45) is 11.1. The largest absolute Gasteiger partial charge is 0.382 e. The zero-order chi connectivity index (χ0) is 13.8. The summed E-state index contributed by atoms with van der Waals surface area (Å²) in [5, 5.41) is 0. The van der Waals surface area contributed by atoms with Gasteiger partial charge in [0.1, 0.15) is 0 Å². The quantitative estimate of drug-likeness (QED) is 0.462. The van der Waals surface area contributed by atoms with Gasteiger partial charge >= 0.3 is 0 Å². The molecule has 0 saturated heterocycles. The summed E-state index contributed by atoms with van der Waals surface area (Å²) in [4.78, 5) is 0. The molecule has 0 amide bonds. The van der Waals surface area contributed by atoms with Gasteiger partial charge in [-0.1, -0.05) is 79.1 Å². The van der Waals surface area contributed by atoms with E-state index >= 15 is 0 Å². The molecular formula is C16H38O. The Bertz CT molecular complexity index is 63.6. The summed E-state index contributed by atoms with van der Waals surface area (Å²) in [5.74, 6) is 0. The molecule has 0 aliphatic rings. The van der Waals surface area contributed by atoms with Crippen molar-refractivity contribution in [1.29, 1.82) is 0 Å². The third-order valence-electron chi connectivity index (χ3n) is 2.32. The Kier molecular flexibility index (Phi) is 38.8. The highest BCUT2D eigenvalue weighted by Gasteiger charge is 1.75. The van der Waals surface area contributed by atoms with Crippen LogP contribution in [0.15, 0.2) is 0 Å². The molecule has 1 nitrogen and oxygen atoms in total. The summed E-state index contributed by atoms with van der Waals surface area (Å²) in [5.41, 5.74) is 0. The number of ether oxygens (including phenoxy) is 1. The molecule has 0 radical (unpaired) electrons. The minimum Gasteiger partial charge on any atom is -0.382 e. The topological polar surface area (TPSA) is 9.23 Å². The normalized spacial score (nSPS) is 8.82. The molecule has 0 spiro atoms. The van der Waals surface area contributed by atoms with Crippen molar-refractivity contribution in [3.05, 3.63) is 0 Å². The fourth-order valence-electron chi connectivity index (χ4n) is 1.20. The molecular weight excluding hydrogens is 208 g/mol. The van der Waals surface area contributed by atoms with Crippen LogP contribution in [0.5, 0.6) is 0 Å². The molecule has 0 N–H and O–H groups in total. The van der Waals surface area contributed by atoms with E-state index in [1.165, 1.54) is 51.4 Å². The van der Waals surface area contributed by atoms with Gasteiger partial charge in [-0.3, -0.25) is 0 Å². The highest BCUT2D eigenvalue weighted by molar-refractivity contribution is 4.31. The average Bonchev–Trinajstić information content (AvgIpc) is 2.36. The van der Waals surface area contributed by atoms with E-state index in [1.807, 2.05) is 13.8 Å². The molecule has 0 unspecified atom stereocenters. The molecule has 0 heterocycles. The van der Waals surface area contributed by atoms with E-state index in [0.29, 0.717) is 0 Å². The Hall–Kier alpha value is -0.0400. The van der Waals surface area contributed by atoms with E-state index < -0.39 is 0 Å². The van der Waals surface area contributed by atoms with Gasteiger partial charge in [-0.2, -0.15) is 0 Å². The molecule has 1 heteroatoms. The standard InChI is InChI=1S/2C6H14.C4H10O/c2*1-3-5-6-4-2;1-3-5-4-2/h2*3-6H2,1-2H3;3-4H2,1-2H3. The third kappa shape index (κ3) is 49.1. The highest BCUT2D eigenvalue weighted by atomic mass is 16.5. The fraction of sp³-hybridized carbons (Fsp3) is 1.00. The second-order valence-corrected chi connectivity index (χ2v) is 4.20. The second kappa shape index (κ2) is 29.7. The van der Waals surface area contributed by atoms with Crippen LogP contribution in [0.4, 0.5) is 0 Å². The lowest BCUT2D eigenvalue weighted by molar-refractivity contribution is 0.162. The van der Waals surface area contributed by atoms with Crippen molar-refractivity contribution in [2.45, 2.75) is 92.9 Å². The molecule has 0 bridgehead atoms. The van der Waals surface area contributed by atoms with E-state index in [0.717, 1.165) is 13.2 Å². The van der Waals surface area contributed by atoms with Crippen molar-refractivity contribution in [2.75, 3.05) is 13.2 Å². The Balaban J connectivity index is -0.000000174. The van der Waals surface area contributed by atoms with Crippen molar-refractivity contribution >= 4 is 0 Å². The van der Waals surface area contributed by atoms with Crippen LogP contribution in [0.2, 0.25) is 0 Å². The fourth-order valence-corrected chi connectivity index (χ4v) is 1.20. The van der Waals surface area contributed by atoms with Gasteiger partial charge in [0.05, 0.1) is 0 Å². The van der Waals surface area contributed by atoms with Crippen molar-refractivity contribution in [2.24, 2.45) is 0 Å². The summed E-state index contributed by atoms with van der Waals surface area (Å²) in [6, 6.07) is 0. The van der Waals surface area contributed by atoms with Gasteiger partial charge in [-0.25, -0.2) is 0 Å². The molecule has 0 aromatic heterocycles. The molecule has 0 rings (SSSR count). The Morgan fingerprint density at radius 2 is 0.706 bits per heavy atom. The van der Waals surface area contributed by atoms with Gasteiger partial charge in [0, 0.05) is 13.2 Å². The molecule has 108 valence electrons. The zero-order valence-electron chi connectivity index (χ0n) is 13.5. The van der Waals surface area contributed by atoms with Gasteiger partial charge in [-0.05, 0) is 13.8 Å². The lowest BCUT2D eigenvalue weighted by Crippen LogP contribution is -1.84. The minimum absolute atomic E-state index is 0.844. The van der Waals surface area contributed by atoms with E-state index in [1.54, 1.807) is 0 Å². The number of hydrogen-bond acceptors (Lipinski definition) is 1. The summed E-state index contributed by atoms with van der Waals surface area (Å²) >= 11 is 0. The maximum Gasteiger partial charge on any atom is 0.0437 e. The van der Waals surface area contributed by atoms with Gasteiger partial charge in [0.15, 0.2) is 0 Å². The second-order valence-electron chi connectivity index (χ2n) is 4.20. The van der Waals surface area contributed by atoms with Crippen molar-refractivity contribution in [3.8, 4) is 0 Å². The Labute approximate surface area is 111 Å². The first kappa shape index (κ1) is 22.2. The van der Waals surface area contributed by atoms with Crippen LogP contribution in [0.25, 0.3) is 0 Å². The lowest BCUT2D eigenvalue weighted by atomic mass is 10.2. The molecule has 0 atom stereocenters. The van der Waals surface area contributed by atoms with Crippen LogP contribution in [0.1, 0.15) is 92.9 Å². The number of rotatable bonds is 8. The minimum atomic E-state index is 0.844. The maximum absolute atomic E-state index is 4.83. The summed E-state index contributed by atoms with van der Waals surface area (Å²) < 4.78 is 4.83. The molecule has 0 saturated carbocycles. The number of hydrogen-bond donors (Lipinski definition) is 0. The highest BCUT2D eigenvalue weighted by Crippen LogP contribution is 1.95. The summed E-state index contributed by atoms with van der Waals surface area (Å²) in [6.45, 7) is 14.6. The molecule has 0 aromatic rings. The number of unbranched alkanes of at least 4 members (excludes halogenated alkanes) is 6.